The molecule has 2 heterocycles. The van der Waals surface area contributed by atoms with Crippen LogP contribution in [-0.4, -0.2) is 58.4 Å². The number of fused-ring (bicyclic) bond motifs is 1. The molecule has 0 saturated heterocycles. The van der Waals surface area contributed by atoms with E-state index in [0.717, 1.165) is 73.7 Å². The van der Waals surface area contributed by atoms with Gasteiger partial charge in [-0.1, -0.05) is 37.8 Å². The predicted molar refractivity (Wildman–Crippen MR) is 154 cm³/mol. The van der Waals surface area contributed by atoms with Crippen molar-refractivity contribution in [3.8, 4) is 0 Å². The van der Waals surface area contributed by atoms with Gasteiger partial charge in [0.25, 0.3) is 5.91 Å². The lowest BCUT2D eigenvalue weighted by atomic mass is 10.1. The second-order valence-electron chi connectivity index (χ2n) is 10.6. The summed E-state index contributed by atoms with van der Waals surface area (Å²) in [7, 11) is 4.93. The van der Waals surface area contributed by atoms with Crippen molar-refractivity contribution in [1.82, 2.24) is 24.8 Å². The number of hydrogen-bond donors (Lipinski definition) is 2. The van der Waals surface area contributed by atoms with Crippen LogP contribution in [0.5, 0.6) is 0 Å². The molecule has 0 radical (unpaired) electrons. The van der Waals surface area contributed by atoms with Crippen LogP contribution in [-0.2, 0) is 20.9 Å². The zero-order valence-electron chi connectivity index (χ0n) is 23.7. The zero-order chi connectivity index (χ0) is 28.5. The van der Waals surface area contributed by atoms with Crippen LogP contribution in [0.2, 0.25) is 0 Å². The molecule has 40 heavy (non-hydrogen) atoms. The molecule has 1 aromatic carbocycles. The van der Waals surface area contributed by atoms with Gasteiger partial charge in [0.15, 0.2) is 0 Å². The van der Waals surface area contributed by atoms with E-state index in [1.165, 1.54) is 7.11 Å². The molecule has 214 valence electrons. The Morgan fingerprint density at radius 1 is 1.02 bits per heavy atom. The minimum Gasteiger partial charge on any atom is -0.469 e. The Kier molecular flexibility index (Phi) is 10.1. The Balaban J connectivity index is 1.32. The van der Waals surface area contributed by atoms with Crippen LogP contribution >= 0.6 is 0 Å². The molecule has 1 saturated carbocycles. The van der Waals surface area contributed by atoms with Crippen molar-refractivity contribution in [2.75, 3.05) is 26.5 Å². The van der Waals surface area contributed by atoms with Crippen molar-refractivity contribution in [3.05, 3.63) is 47.8 Å². The van der Waals surface area contributed by atoms with Gasteiger partial charge in [0.2, 0.25) is 11.9 Å². The first-order chi connectivity index (χ1) is 19.4. The number of unbranched alkanes of at least 4 members (excludes halogenated alkanes) is 3. The smallest absolute Gasteiger partial charge is 0.305 e. The van der Waals surface area contributed by atoms with Crippen molar-refractivity contribution >= 4 is 40.5 Å². The van der Waals surface area contributed by atoms with E-state index < -0.39 is 0 Å². The van der Waals surface area contributed by atoms with Crippen LogP contribution in [0.1, 0.15) is 86.3 Å². The minimum absolute atomic E-state index is 0.0225. The van der Waals surface area contributed by atoms with Crippen molar-refractivity contribution < 1.29 is 19.1 Å². The van der Waals surface area contributed by atoms with E-state index in [4.69, 9.17) is 4.98 Å². The first-order valence-electron chi connectivity index (χ1n) is 14.1. The molecule has 10 heteroatoms. The fourth-order valence-electron chi connectivity index (χ4n) is 5.13. The maximum absolute atomic E-state index is 12.9. The number of esters is 1. The number of hydrogen-bond acceptors (Lipinski definition) is 7. The SMILES string of the molecule is COC(=O)CCCCCCC(=O)NCc1ccc(Nc2ncc3cc(C(=O)N(C)C)n(C4CCCC4)c3n2)cc1. The van der Waals surface area contributed by atoms with E-state index in [1.54, 1.807) is 25.2 Å². The lowest BCUT2D eigenvalue weighted by molar-refractivity contribution is -0.140. The summed E-state index contributed by atoms with van der Waals surface area (Å²) in [6, 6.07) is 9.96. The Bertz CT molecular complexity index is 1310. The largest absolute Gasteiger partial charge is 0.469 e. The Morgan fingerprint density at radius 3 is 2.40 bits per heavy atom. The number of nitrogens with one attached hydrogen (secondary N) is 2. The third-order valence-corrected chi connectivity index (χ3v) is 7.35. The number of rotatable bonds is 13. The second kappa shape index (κ2) is 13.9. The number of carbonyl (C=O) groups is 3. The van der Waals surface area contributed by atoms with Gasteiger partial charge in [-0.2, -0.15) is 4.98 Å². The van der Waals surface area contributed by atoms with Gasteiger partial charge >= 0.3 is 5.97 Å². The van der Waals surface area contributed by atoms with Crippen molar-refractivity contribution in [3.63, 3.8) is 0 Å². The summed E-state index contributed by atoms with van der Waals surface area (Å²) in [6.07, 6.45) is 10.5. The number of aromatic nitrogens is 3. The molecule has 2 aromatic heterocycles. The molecule has 0 spiro atoms. The number of nitrogens with zero attached hydrogens (tertiary/aromatic N) is 4. The van der Waals surface area contributed by atoms with E-state index in [2.05, 4.69) is 24.9 Å². The Morgan fingerprint density at radius 2 is 1.73 bits per heavy atom. The third kappa shape index (κ3) is 7.58. The Labute approximate surface area is 235 Å². The van der Waals surface area contributed by atoms with Gasteiger partial charge < -0.3 is 24.8 Å². The highest BCUT2D eigenvalue weighted by Crippen LogP contribution is 2.35. The maximum Gasteiger partial charge on any atom is 0.305 e. The molecule has 0 unspecified atom stereocenters. The van der Waals surface area contributed by atoms with Gasteiger partial charge in [0, 0.05) is 56.8 Å². The topological polar surface area (TPSA) is 118 Å². The van der Waals surface area contributed by atoms with Crippen LogP contribution in [0.25, 0.3) is 11.0 Å². The first-order valence-corrected chi connectivity index (χ1v) is 14.1. The van der Waals surface area contributed by atoms with Crippen molar-refractivity contribution in [2.45, 2.75) is 76.8 Å². The van der Waals surface area contributed by atoms with Crippen LogP contribution in [0.4, 0.5) is 11.6 Å². The quantitative estimate of drug-likeness (QED) is 0.225. The van der Waals surface area contributed by atoms with Gasteiger partial charge in [-0.05, 0) is 49.4 Å². The summed E-state index contributed by atoms with van der Waals surface area (Å²) >= 11 is 0. The molecular weight excluding hydrogens is 508 g/mol. The maximum atomic E-state index is 12.9. The molecule has 1 fully saturated rings. The molecule has 4 rings (SSSR count). The van der Waals surface area contributed by atoms with Crippen LogP contribution < -0.4 is 10.6 Å². The summed E-state index contributed by atoms with van der Waals surface area (Å²) in [5.74, 6) is 0.280. The number of anilines is 2. The average molecular weight is 549 g/mol. The summed E-state index contributed by atoms with van der Waals surface area (Å²) in [4.78, 5) is 47.1. The average Bonchev–Trinajstić information content (AvgIpc) is 3.61. The molecule has 2 amide bonds. The van der Waals surface area contributed by atoms with Crippen LogP contribution in [0.15, 0.2) is 36.5 Å². The minimum atomic E-state index is -0.186. The second-order valence-corrected chi connectivity index (χ2v) is 10.6. The number of amides is 2. The molecule has 0 aliphatic heterocycles. The lowest BCUT2D eigenvalue weighted by Crippen LogP contribution is -2.25. The highest BCUT2D eigenvalue weighted by molar-refractivity contribution is 5.98. The molecule has 0 bridgehead atoms. The summed E-state index contributed by atoms with van der Waals surface area (Å²) < 4.78 is 6.73. The zero-order valence-corrected chi connectivity index (χ0v) is 23.7. The van der Waals surface area contributed by atoms with E-state index in [0.29, 0.717) is 31.0 Å². The third-order valence-electron chi connectivity index (χ3n) is 7.35. The summed E-state index contributed by atoms with van der Waals surface area (Å²) in [5, 5.41) is 7.10. The van der Waals surface area contributed by atoms with Gasteiger partial charge in [0.1, 0.15) is 11.3 Å². The van der Waals surface area contributed by atoms with E-state index >= 15 is 0 Å². The first kappa shape index (κ1) is 29.0. The molecule has 1 aliphatic rings. The van der Waals surface area contributed by atoms with E-state index in [-0.39, 0.29) is 23.8 Å². The lowest BCUT2D eigenvalue weighted by Gasteiger charge is -2.19. The number of methoxy groups -OCH3 is 1. The van der Waals surface area contributed by atoms with E-state index in [1.807, 2.05) is 30.3 Å². The highest BCUT2D eigenvalue weighted by Gasteiger charge is 2.26. The van der Waals surface area contributed by atoms with E-state index in [9.17, 15) is 14.4 Å². The fraction of sp³-hybridized carbons (Fsp3) is 0.500. The molecule has 1 aliphatic carbocycles. The number of carbonyl (C=O) groups excluding carboxylic acids is 3. The molecular formula is C30H40N6O4. The van der Waals surface area contributed by atoms with Gasteiger partial charge in [-0.3, -0.25) is 14.4 Å². The van der Waals surface area contributed by atoms with Gasteiger partial charge in [-0.25, -0.2) is 4.98 Å². The van der Waals surface area contributed by atoms with Crippen molar-refractivity contribution in [1.29, 1.82) is 0 Å². The molecule has 3 aromatic rings. The molecule has 2 N–H and O–H groups in total. The molecule has 0 atom stereocenters. The predicted octanol–water partition coefficient (Wildman–Crippen LogP) is 5.12. The standard InChI is InChI=1S/C30H40N6O4/c1-35(2)29(39)25-18-22-20-32-30(34-28(22)36(25)24-10-8-9-11-24)33-23-16-14-21(15-17-23)19-31-26(37)12-6-4-5-7-13-27(38)40-3/h14-18,20,24H,4-13,19H2,1-3H3,(H,31,37)(H,32,33,34). The normalized spacial score (nSPS) is 13.4. The van der Waals surface area contributed by atoms with Crippen LogP contribution in [0, 0.1) is 0 Å². The van der Waals surface area contributed by atoms with Crippen molar-refractivity contribution in [2.24, 2.45) is 0 Å². The molecule has 10 nitrogen and oxygen atoms in total. The summed E-state index contributed by atoms with van der Waals surface area (Å²) in [6.45, 7) is 0.460. The summed E-state index contributed by atoms with van der Waals surface area (Å²) in [5.41, 5.74) is 3.26. The monoisotopic (exact) mass is 548 g/mol. The van der Waals surface area contributed by atoms with Gasteiger partial charge in [0.05, 0.1) is 7.11 Å². The fourth-order valence-corrected chi connectivity index (χ4v) is 5.13. The van der Waals surface area contributed by atoms with Crippen LogP contribution in [0.3, 0.4) is 0 Å². The van der Waals surface area contributed by atoms with Gasteiger partial charge in [-0.15, -0.1) is 0 Å². The Hall–Kier alpha value is -3.95. The highest BCUT2D eigenvalue weighted by atomic mass is 16.5. The number of ether oxygens (including phenoxy) is 1. The number of benzene rings is 1.